The highest BCUT2D eigenvalue weighted by Gasteiger charge is 2.52. The molecule has 7 nitrogen and oxygen atoms in total. The first-order chi connectivity index (χ1) is 17.4. The number of piperidine rings is 1. The van der Waals surface area contributed by atoms with Gasteiger partial charge in [0.15, 0.2) is 0 Å². The zero-order valence-corrected chi connectivity index (χ0v) is 20.4. The van der Waals surface area contributed by atoms with Crippen molar-refractivity contribution in [2.24, 2.45) is 11.3 Å². The number of pyridine rings is 1. The van der Waals surface area contributed by atoms with Crippen LogP contribution < -0.4 is 10.6 Å². The summed E-state index contributed by atoms with van der Waals surface area (Å²) in [6.45, 7) is 4.39. The van der Waals surface area contributed by atoms with Crippen molar-refractivity contribution >= 4 is 17.7 Å². The molecule has 11 heteroatoms. The van der Waals surface area contributed by atoms with Crippen LogP contribution in [0.5, 0.6) is 0 Å². The van der Waals surface area contributed by atoms with Crippen LogP contribution in [-0.2, 0) is 15.8 Å². The SMILES string of the molecule is CC(C)[C@@H](NC(=O)c1cc(C(F)(F)F)ccc1F)C(=O)N1CCC2(CC1)C(=O)NCC2c1ccncc1. The summed E-state index contributed by atoms with van der Waals surface area (Å²) in [6.07, 6.45) is -0.571. The maximum absolute atomic E-state index is 14.2. The second kappa shape index (κ2) is 10.1. The predicted octanol–water partition coefficient (Wildman–Crippen LogP) is 3.52. The smallest absolute Gasteiger partial charge is 0.355 e. The number of likely N-dealkylation sites (tertiary alicyclic amines) is 1. The van der Waals surface area contributed by atoms with Crippen LogP contribution in [0.4, 0.5) is 17.6 Å². The minimum absolute atomic E-state index is 0.0601. The van der Waals surface area contributed by atoms with Crippen LogP contribution in [0.15, 0.2) is 42.7 Å². The Balaban J connectivity index is 1.48. The minimum atomic E-state index is -4.75. The molecule has 198 valence electrons. The Morgan fingerprint density at radius 2 is 1.78 bits per heavy atom. The van der Waals surface area contributed by atoms with Crippen LogP contribution in [0.3, 0.4) is 0 Å². The monoisotopic (exact) mass is 520 g/mol. The maximum atomic E-state index is 14.2. The molecule has 3 amide bonds. The number of benzene rings is 1. The van der Waals surface area contributed by atoms with Gasteiger partial charge in [-0.05, 0) is 54.7 Å². The Morgan fingerprint density at radius 1 is 1.14 bits per heavy atom. The normalized spacial score (nSPS) is 20.1. The fraction of sp³-hybridized carbons (Fsp3) is 0.462. The van der Waals surface area contributed by atoms with Gasteiger partial charge in [0, 0.05) is 37.9 Å². The van der Waals surface area contributed by atoms with Gasteiger partial charge in [-0.1, -0.05) is 13.8 Å². The number of hydrogen-bond acceptors (Lipinski definition) is 4. The van der Waals surface area contributed by atoms with Gasteiger partial charge in [-0.15, -0.1) is 0 Å². The van der Waals surface area contributed by atoms with E-state index in [0.29, 0.717) is 37.6 Å². The van der Waals surface area contributed by atoms with Gasteiger partial charge in [0.1, 0.15) is 11.9 Å². The van der Waals surface area contributed by atoms with Gasteiger partial charge in [-0.25, -0.2) is 4.39 Å². The predicted molar refractivity (Wildman–Crippen MR) is 126 cm³/mol. The number of nitrogens with zero attached hydrogens (tertiary/aromatic N) is 2. The van der Waals surface area contributed by atoms with Gasteiger partial charge in [-0.2, -0.15) is 13.2 Å². The third-order valence-corrected chi connectivity index (χ3v) is 7.42. The van der Waals surface area contributed by atoms with Gasteiger partial charge in [0.2, 0.25) is 11.8 Å². The quantitative estimate of drug-likeness (QED) is 0.591. The Labute approximate surface area is 211 Å². The molecule has 2 N–H and O–H groups in total. The molecule has 2 fully saturated rings. The number of amides is 3. The number of hydrogen-bond donors (Lipinski definition) is 2. The van der Waals surface area contributed by atoms with E-state index in [1.807, 2.05) is 12.1 Å². The standard InChI is InChI=1S/C26H28F4N4O3/c1-15(2)21(33-22(35)18-13-17(26(28,29)30)3-4-20(18)27)23(36)34-11-7-25(8-12-34)19(14-32-24(25)37)16-5-9-31-10-6-16/h3-6,9-10,13,15,19,21H,7-8,11-12,14H2,1-2H3,(H,32,37)(H,33,35)/t19?,21-/m1/s1. The number of carbonyl (C=O) groups is 3. The van der Waals surface area contributed by atoms with Gasteiger partial charge in [0.05, 0.1) is 16.5 Å². The summed E-state index contributed by atoms with van der Waals surface area (Å²) in [4.78, 5) is 44.6. The molecule has 2 saturated heterocycles. The lowest BCUT2D eigenvalue weighted by Crippen LogP contribution is -2.55. The fourth-order valence-corrected chi connectivity index (χ4v) is 5.26. The maximum Gasteiger partial charge on any atom is 0.416 e. The van der Waals surface area contributed by atoms with Crippen molar-refractivity contribution in [3.8, 4) is 0 Å². The molecular weight excluding hydrogens is 492 g/mol. The van der Waals surface area contributed by atoms with Crippen molar-refractivity contribution in [1.29, 1.82) is 0 Å². The van der Waals surface area contributed by atoms with E-state index in [2.05, 4.69) is 15.6 Å². The minimum Gasteiger partial charge on any atom is -0.355 e. The lowest BCUT2D eigenvalue weighted by molar-refractivity contribution is -0.141. The molecule has 3 heterocycles. The number of aromatic nitrogens is 1. The molecule has 1 aromatic heterocycles. The molecule has 1 spiro atoms. The molecule has 0 saturated carbocycles. The van der Waals surface area contributed by atoms with E-state index in [1.165, 1.54) is 0 Å². The summed E-state index contributed by atoms with van der Waals surface area (Å²) in [5.74, 6) is -3.18. The first-order valence-electron chi connectivity index (χ1n) is 12.1. The molecule has 2 aliphatic rings. The van der Waals surface area contributed by atoms with Crippen molar-refractivity contribution in [3.63, 3.8) is 0 Å². The van der Waals surface area contributed by atoms with Crippen LogP contribution in [-0.4, -0.2) is 53.3 Å². The van der Waals surface area contributed by atoms with E-state index >= 15 is 0 Å². The van der Waals surface area contributed by atoms with Crippen molar-refractivity contribution in [3.05, 3.63) is 65.2 Å². The lowest BCUT2D eigenvalue weighted by Gasteiger charge is -2.42. The second-order valence-electron chi connectivity index (χ2n) is 9.91. The van der Waals surface area contributed by atoms with Gasteiger partial charge in [0.25, 0.3) is 5.91 Å². The molecule has 1 aromatic carbocycles. The molecule has 2 aliphatic heterocycles. The zero-order chi connectivity index (χ0) is 27.0. The molecule has 1 unspecified atom stereocenters. The van der Waals surface area contributed by atoms with Crippen LogP contribution in [0, 0.1) is 17.2 Å². The highest BCUT2D eigenvalue weighted by Crippen LogP contribution is 2.47. The third kappa shape index (κ3) is 5.17. The Kier molecular flexibility index (Phi) is 7.25. The van der Waals surface area contributed by atoms with E-state index in [1.54, 1.807) is 31.1 Å². The van der Waals surface area contributed by atoms with Crippen LogP contribution in [0.25, 0.3) is 0 Å². The number of carbonyl (C=O) groups excluding carboxylic acids is 3. The van der Waals surface area contributed by atoms with Gasteiger partial charge < -0.3 is 15.5 Å². The highest BCUT2D eigenvalue weighted by atomic mass is 19.4. The molecular formula is C26H28F4N4O3. The largest absolute Gasteiger partial charge is 0.416 e. The van der Waals surface area contributed by atoms with Crippen molar-refractivity contribution < 1.29 is 31.9 Å². The Morgan fingerprint density at radius 3 is 2.38 bits per heavy atom. The topological polar surface area (TPSA) is 91.4 Å². The lowest BCUT2D eigenvalue weighted by atomic mass is 9.68. The molecule has 0 aliphatic carbocycles. The first-order valence-corrected chi connectivity index (χ1v) is 12.1. The molecule has 37 heavy (non-hydrogen) atoms. The third-order valence-electron chi connectivity index (χ3n) is 7.42. The van der Waals surface area contributed by atoms with Crippen LogP contribution >= 0.6 is 0 Å². The molecule has 2 aromatic rings. The Bertz CT molecular complexity index is 1180. The van der Waals surface area contributed by atoms with Crippen molar-refractivity contribution in [2.45, 2.75) is 44.8 Å². The van der Waals surface area contributed by atoms with E-state index < -0.39 is 52.3 Å². The summed E-state index contributed by atoms with van der Waals surface area (Å²) in [5, 5.41) is 5.37. The van der Waals surface area contributed by atoms with Crippen molar-refractivity contribution in [2.75, 3.05) is 19.6 Å². The van der Waals surface area contributed by atoms with Gasteiger partial charge in [-0.3, -0.25) is 19.4 Å². The molecule has 0 bridgehead atoms. The number of rotatable bonds is 5. The number of nitrogens with one attached hydrogen (secondary N) is 2. The van der Waals surface area contributed by atoms with Crippen molar-refractivity contribution in [1.82, 2.24) is 20.5 Å². The van der Waals surface area contributed by atoms with E-state index in [0.717, 1.165) is 5.56 Å². The van der Waals surface area contributed by atoms with Crippen LogP contribution in [0.2, 0.25) is 0 Å². The summed E-state index contributed by atoms with van der Waals surface area (Å²) >= 11 is 0. The summed E-state index contributed by atoms with van der Waals surface area (Å²) in [7, 11) is 0. The first kappa shape index (κ1) is 26.6. The van der Waals surface area contributed by atoms with E-state index in [4.69, 9.17) is 0 Å². The average molecular weight is 521 g/mol. The summed E-state index contributed by atoms with van der Waals surface area (Å²) in [5.41, 5.74) is -1.63. The highest BCUT2D eigenvalue weighted by molar-refractivity contribution is 5.98. The number of alkyl halides is 3. The zero-order valence-electron chi connectivity index (χ0n) is 20.4. The van der Waals surface area contributed by atoms with E-state index in [9.17, 15) is 31.9 Å². The fourth-order valence-electron chi connectivity index (χ4n) is 5.26. The van der Waals surface area contributed by atoms with Crippen LogP contribution in [0.1, 0.15) is 54.1 Å². The molecule has 2 atom stereocenters. The van der Waals surface area contributed by atoms with E-state index in [-0.39, 0.29) is 24.9 Å². The Hall–Kier alpha value is -3.50. The molecule has 0 radical (unpaired) electrons. The second-order valence-corrected chi connectivity index (χ2v) is 9.91. The average Bonchev–Trinajstić information content (AvgIpc) is 3.17. The summed E-state index contributed by atoms with van der Waals surface area (Å²) in [6, 6.07) is 4.25. The number of halogens is 4. The van der Waals surface area contributed by atoms with Gasteiger partial charge >= 0.3 is 6.18 Å². The molecule has 4 rings (SSSR count). The summed E-state index contributed by atoms with van der Waals surface area (Å²) < 4.78 is 53.4.